The number of amides is 2. The van der Waals surface area contributed by atoms with E-state index in [1.54, 1.807) is 0 Å². The molecule has 0 aromatic carbocycles. The number of hydrogen-bond donors (Lipinski definition) is 1. The van der Waals surface area contributed by atoms with Crippen LogP contribution in [0.1, 0.15) is 6.42 Å². The van der Waals surface area contributed by atoms with Crippen LogP contribution in [0.15, 0.2) is 15.2 Å². The summed E-state index contributed by atoms with van der Waals surface area (Å²) in [5.74, 6) is -2.16. The summed E-state index contributed by atoms with van der Waals surface area (Å²) >= 11 is 0. The molecule has 0 spiro atoms. The Morgan fingerprint density at radius 1 is 1.12 bits per heavy atom. The van der Waals surface area contributed by atoms with Gasteiger partial charge in [0.1, 0.15) is 0 Å². The highest BCUT2D eigenvalue weighted by Gasteiger charge is 2.27. The maximum atomic E-state index is 11.2. The van der Waals surface area contributed by atoms with Crippen LogP contribution in [0.25, 0.3) is 0 Å². The molecule has 2 amide bonds. The normalized spacial score (nSPS) is 9.88. The maximum absolute atomic E-state index is 11.2. The second-order valence-corrected chi connectivity index (χ2v) is 2.43. The maximum Gasteiger partial charge on any atom is 0.283 e. The predicted molar refractivity (Wildman–Crippen MR) is 48.8 cm³/mol. The van der Waals surface area contributed by atoms with Gasteiger partial charge in [-0.2, -0.15) is 0 Å². The monoisotopic (exact) mass is 239 g/mol. The van der Waals surface area contributed by atoms with E-state index in [0.29, 0.717) is 0 Å². The van der Waals surface area contributed by atoms with Gasteiger partial charge in [-0.15, -0.1) is 10.1 Å². The lowest BCUT2D eigenvalue weighted by Gasteiger charge is -2.16. The highest BCUT2D eigenvalue weighted by molar-refractivity contribution is 5.90. The van der Waals surface area contributed by atoms with E-state index < -0.39 is 24.3 Å². The molecule has 0 saturated heterocycles. The van der Waals surface area contributed by atoms with Crippen LogP contribution < -0.4 is 5.73 Å². The minimum absolute atomic E-state index is 0.230. The van der Waals surface area contributed by atoms with Crippen molar-refractivity contribution in [2.45, 2.75) is 12.5 Å². The number of primary amides is 1. The first-order chi connectivity index (χ1) is 8.06. The van der Waals surface area contributed by atoms with Gasteiger partial charge in [-0.05, 0) is 0 Å². The van der Waals surface area contributed by atoms with E-state index in [0.717, 1.165) is 18.2 Å². The molecule has 17 heavy (non-hydrogen) atoms. The Labute approximate surface area is 93.5 Å². The van der Waals surface area contributed by atoms with Gasteiger partial charge in [0.2, 0.25) is 12.0 Å². The zero-order valence-corrected chi connectivity index (χ0v) is 8.19. The van der Waals surface area contributed by atoms with E-state index in [9.17, 15) is 24.0 Å². The molecule has 0 saturated carbocycles. The summed E-state index contributed by atoms with van der Waals surface area (Å²) in [6.07, 6.45) is 2.23. The molecular formula is C7H5N5O5. The molecule has 0 aliphatic rings. The molecule has 0 rings (SSSR count). The smallest absolute Gasteiger partial charge is 0.283 e. The molecule has 0 unspecified atom stereocenters. The van der Waals surface area contributed by atoms with Crippen molar-refractivity contribution in [1.29, 1.82) is 0 Å². The average Bonchev–Trinajstić information content (AvgIpc) is 2.26. The lowest BCUT2D eigenvalue weighted by Crippen LogP contribution is -2.37. The van der Waals surface area contributed by atoms with Crippen LogP contribution in [0.2, 0.25) is 0 Å². The summed E-state index contributed by atoms with van der Waals surface area (Å²) in [7, 11) is 0. The van der Waals surface area contributed by atoms with Crippen molar-refractivity contribution in [2.24, 2.45) is 20.9 Å². The summed E-state index contributed by atoms with van der Waals surface area (Å²) in [5.41, 5.74) is 4.82. The van der Waals surface area contributed by atoms with E-state index in [4.69, 9.17) is 5.73 Å². The van der Waals surface area contributed by atoms with Crippen LogP contribution in [0.3, 0.4) is 0 Å². The van der Waals surface area contributed by atoms with E-state index in [1.807, 2.05) is 0 Å². The van der Waals surface area contributed by atoms with Gasteiger partial charge in [0.25, 0.3) is 18.1 Å². The minimum Gasteiger partial charge on any atom is -0.370 e. The van der Waals surface area contributed by atoms with E-state index >= 15 is 0 Å². The van der Waals surface area contributed by atoms with Crippen LogP contribution in [0.5, 0.6) is 0 Å². The van der Waals surface area contributed by atoms with Crippen molar-refractivity contribution < 1.29 is 24.0 Å². The summed E-state index contributed by atoms with van der Waals surface area (Å²) in [5, 5.41) is 5.93. The average molecular weight is 239 g/mol. The van der Waals surface area contributed by atoms with E-state index in [2.05, 4.69) is 15.2 Å². The molecule has 10 heteroatoms. The van der Waals surface area contributed by atoms with Gasteiger partial charge in [-0.25, -0.2) is 14.4 Å². The second-order valence-electron chi connectivity index (χ2n) is 2.43. The number of rotatable bonds is 6. The fraction of sp³-hybridized carbons (Fsp3) is 0.286. The van der Waals surface area contributed by atoms with Crippen molar-refractivity contribution in [1.82, 2.24) is 5.12 Å². The molecule has 1 atom stereocenters. The van der Waals surface area contributed by atoms with Gasteiger partial charge in [-0.1, -0.05) is 10.2 Å². The molecule has 0 aliphatic heterocycles. The van der Waals surface area contributed by atoms with Gasteiger partial charge in [0.05, 0.1) is 6.42 Å². The topological polar surface area (TPSA) is 152 Å². The summed E-state index contributed by atoms with van der Waals surface area (Å²) in [6.45, 7) is 0. The van der Waals surface area contributed by atoms with E-state index in [1.165, 1.54) is 0 Å². The summed E-state index contributed by atoms with van der Waals surface area (Å²) < 4.78 is 0. The molecule has 2 N–H and O–H groups in total. The van der Waals surface area contributed by atoms with Crippen molar-refractivity contribution in [3.8, 4) is 0 Å². The second kappa shape index (κ2) is 7.38. The van der Waals surface area contributed by atoms with Gasteiger partial charge in [-0.3, -0.25) is 9.59 Å². The van der Waals surface area contributed by atoms with Crippen molar-refractivity contribution in [3.63, 3.8) is 0 Å². The number of hydrogen-bond acceptors (Lipinski definition) is 8. The van der Waals surface area contributed by atoms with Crippen molar-refractivity contribution in [3.05, 3.63) is 0 Å². The van der Waals surface area contributed by atoms with Crippen LogP contribution in [0, 0.1) is 0 Å². The molecule has 0 heterocycles. The van der Waals surface area contributed by atoms with Gasteiger partial charge >= 0.3 is 0 Å². The lowest BCUT2D eigenvalue weighted by molar-refractivity contribution is -0.128. The third kappa shape index (κ3) is 4.91. The number of aliphatic imine (C=N–C) groups is 1. The predicted octanol–water partition coefficient (Wildman–Crippen LogP) is -2.10. The third-order valence-electron chi connectivity index (χ3n) is 1.40. The van der Waals surface area contributed by atoms with Crippen LogP contribution in [-0.4, -0.2) is 41.2 Å². The Morgan fingerprint density at radius 2 is 1.65 bits per heavy atom. The quantitative estimate of drug-likeness (QED) is 0.318. The zero-order chi connectivity index (χ0) is 13.3. The zero-order valence-electron chi connectivity index (χ0n) is 8.19. The highest BCUT2D eigenvalue weighted by Crippen LogP contribution is 2.07. The van der Waals surface area contributed by atoms with Crippen LogP contribution in [-0.2, 0) is 24.0 Å². The first-order valence-corrected chi connectivity index (χ1v) is 3.91. The molecule has 10 nitrogen and oxygen atoms in total. The molecular weight excluding hydrogens is 234 g/mol. The summed E-state index contributed by atoms with van der Waals surface area (Å²) in [6, 6.07) is -1.60. The lowest BCUT2D eigenvalue weighted by atomic mass is 10.2. The Balaban J connectivity index is 5.30. The Kier molecular flexibility index (Phi) is 6.11. The fourth-order valence-electron chi connectivity index (χ4n) is 0.823. The van der Waals surface area contributed by atoms with Gasteiger partial charge in [0.15, 0.2) is 6.04 Å². The number of isocyanates is 3. The standard InChI is InChI=1S/C7H5N5O5/c8-6(16)1-5(7(17)9-2-13)12(10-3-14)11-4-15/h5H,1H2,(H2,8,16)/t5-/m0/s1. The largest absolute Gasteiger partial charge is 0.370 e. The number of nitrogens with zero attached hydrogens (tertiary/aromatic N) is 4. The molecule has 0 bridgehead atoms. The molecule has 0 fully saturated rings. The molecule has 88 valence electrons. The van der Waals surface area contributed by atoms with Crippen LogP contribution in [0.4, 0.5) is 0 Å². The number of carbonyl (C=O) groups excluding carboxylic acids is 5. The fourth-order valence-corrected chi connectivity index (χ4v) is 0.823. The molecule has 0 aliphatic carbocycles. The van der Waals surface area contributed by atoms with Crippen molar-refractivity contribution >= 4 is 30.1 Å². The van der Waals surface area contributed by atoms with Gasteiger partial charge < -0.3 is 5.73 Å². The molecule has 0 aromatic rings. The first-order valence-electron chi connectivity index (χ1n) is 3.91. The first kappa shape index (κ1) is 14.1. The number of nitrogens with two attached hydrogens (primary N) is 1. The summed E-state index contributed by atoms with van der Waals surface area (Å²) in [4.78, 5) is 54.4. The SMILES string of the molecule is NC(=O)C[C@@H](C(=O)N=C=O)N(N=C=O)N=C=O. The highest BCUT2D eigenvalue weighted by atomic mass is 16.2. The Bertz CT molecular complexity index is 437. The number of carbonyl (C=O) groups is 2. The van der Waals surface area contributed by atoms with E-state index in [-0.39, 0.29) is 5.12 Å². The minimum atomic E-state index is -1.60. The molecule has 0 aromatic heterocycles. The van der Waals surface area contributed by atoms with Gasteiger partial charge in [0, 0.05) is 0 Å². The molecule has 0 radical (unpaired) electrons. The van der Waals surface area contributed by atoms with Crippen molar-refractivity contribution in [2.75, 3.05) is 0 Å². The number of hydrazone groups is 2. The van der Waals surface area contributed by atoms with Crippen LogP contribution >= 0.6 is 0 Å². The Morgan fingerprint density at radius 3 is 2.00 bits per heavy atom. The third-order valence-corrected chi connectivity index (χ3v) is 1.40. The Hall–Kier alpha value is -2.92.